The smallest absolute Gasteiger partial charge is 0.274 e. The van der Waals surface area contributed by atoms with E-state index >= 15 is 0 Å². The Morgan fingerprint density at radius 2 is 1.73 bits per heavy atom. The van der Waals surface area contributed by atoms with Crippen LogP contribution in [0, 0.1) is 0 Å². The van der Waals surface area contributed by atoms with E-state index in [9.17, 15) is 4.79 Å². The van der Waals surface area contributed by atoms with E-state index in [1.165, 1.54) is 6.33 Å². The molecule has 7 heteroatoms. The largest absolute Gasteiger partial charge is 0.489 e. The van der Waals surface area contributed by atoms with Gasteiger partial charge in [-0.2, -0.15) is 0 Å². The number of ether oxygens (including phenoxy) is 1. The molecule has 0 bridgehead atoms. The number of aromatic nitrogens is 3. The van der Waals surface area contributed by atoms with Crippen LogP contribution in [0.3, 0.4) is 0 Å². The molecule has 4 aromatic rings. The van der Waals surface area contributed by atoms with Gasteiger partial charge < -0.3 is 15.4 Å². The predicted octanol–water partition coefficient (Wildman–Crippen LogP) is 4.81. The standard InChI is InChI=1S/C23H21N5O2/c1-15(2)30-20-11-4-3-9-17(20)27-21-13-19(25-14-26-21)23(29)28-18-10-5-7-16-8-6-12-24-22(16)18/h3-15H,1-2H3,(H,28,29)(H,25,26,27). The highest BCUT2D eigenvalue weighted by Gasteiger charge is 2.13. The van der Waals surface area contributed by atoms with Crippen molar-refractivity contribution in [3.8, 4) is 5.75 Å². The summed E-state index contributed by atoms with van der Waals surface area (Å²) < 4.78 is 5.82. The Kier molecular flexibility index (Phi) is 5.52. The molecule has 0 aliphatic carbocycles. The summed E-state index contributed by atoms with van der Waals surface area (Å²) in [4.78, 5) is 25.5. The van der Waals surface area contributed by atoms with Gasteiger partial charge in [0.15, 0.2) is 0 Å². The van der Waals surface area contributed by atoms with Gasteiger partial charge in [0.2, 0.25) is 0 Å². The van der Waals surface area contributed by atoms with E-state index < -0.39 is 0 Å². The third-order valence-electron chi connectivity index (χ3n) is 4.29. The molecule has 150 valence electrons. The Labute approximate surface area is 174 Å². The monoisotopic (exact) mass is 399 g/mol. The van der Waals surface area contributed by atoms with Gasteiger partial charge in [0.05, 0.1) is 23.0 Å². The lowest BCUT2D eigenvalue weighted by atomic mass is 10.2. The SMILES string of the molecule is CC(C)Oc1ccccc1Nc1cc(C(=O)Nc2cccc3cccnc23)ncn1. The minimum atomic E-state index is -0.342. The van der Waals surface area contributed by atoms with Crippen LogP contribution in [0.2, 0.25) is 0 Å². The third-order valence-corrected chi connectivity index (χ3v) is 4.29. The van der Waals surface area contributed by atoms with E-state index in [0.717, 1.165) is 16.6 Å². The first-order valence-corrected chi connectivity index (χ1v) is 9.60. The molecule has 2 N–H and O–H groups in total. The number of anilines is 3. The molecule has 2 aromatic carbocycles. The number of pyridine rings is 1. The first kappa shape index (κ1) is 19.3. The Hall–Kier alpha value is -4.00. The maximum absolute atomic E-state index is 12.8. The van der Waals surface area contributed by atoms with Crippen LogP contribution in [0.4, 0.5) is 17.2 Å². The summed E-state index contributed by atoms with van der Waals surface area (Å²) in [5, 5.41) is 7.03. The van der Waals surface area contributed by atoms with Crippen molar-refractivity contribution in [2.24, 2.45) is 0 Å². The number of hydrogen-bond donors (Lipinski definition) is 2. The molecule has 0 aliphatic rings. The van der Waals surface area contributed by atoms with Gasteiger partial charge in [-0.05, 0) is 38.1 Å². The van der Waals surface area contributed by atoms with Crippen molar-refractivity contribution in [3.05, 3.63) is 78.9 Å². The Morgan fingerprint density at radius 1 is 0.933 bits per heavy atom. The van der Waals surface area contributed by atoms with Crippen molar-refractivity contribution in [2.45, 2.75) is 20.0 Å². The van der Waals surface area contributed by atoms with Crippen LogP contribution in [0.1, 0.15) is 24.3 Å². The van der Waals surface area contributed by atoms with E-state index in [-0.39, 0.29) is 17.7 Å². The van der Waals surface area contributed by atoms with Crippen molar-refractivity contribution in [1.29, 1.82) is 0 Å². The highest BCUT2D eigenvalue weighted by atomic mass is 16.5. The number of amides is 1. The molecule has 0 saturated heterocycles. The molecule has 7 nitrogen and oxygen atoms in total. The Morgan fingerprint density at radius 3 is 2.60 bits per heavy atom. The van der Waals surface area contributed by atoms with E-state index in [2.05, 4.69) is 25.6 Å². The summed E-state index contributed by atoms with van der Waals surface area (Å²) in [5.41, 5.74) is 2.35. The van der Waals surface area contributed by atoms with Gasteiger partial charge in [0, 0.05) is 17.6 Å². The lowest BCUT2D eigenvalue weighted by Gasteiger charge is -2.15. The summed E-state index contributed by atoms with van der Waals surface area (Å²) in [7, 11) is 0. The predicted molar refractivity (Wildman–Crippen MR) is 117 cm³/mol. The number of hydrogen-bond acceptors (Lipinski definition) is 6. The van der Waals surface area contributed by atoms with Crippen molar-refractivity contribution < 1.29 is 9.53 Å². The zero-order chi connectivity index (χ0) is 20.9. The van der Waals surface area contributed by atoms with Gasteiger partial charge >= 0.3 is 0 Å². The number of carbonyl (C=O) groups is 1. The fraction of sp³-hybridized carbons (Fsp3) is 0.130. The van der Waals surface area contributed by atoms with Gasteiger partial charge in [-0.25, -0.2) is 9.97 Å². The third kappa shape index (κ3) is 4.35. The molecule has 0 aliphatic heterocycles. The van der Waals surface area contributed by atoms with Gasteiger partial charge in [-0.15, -0.1) is 0 Å². The van der Waals surface area contributed by atoms with Gasteiger partial charge in [-0.1, -0.05) is 30.3 Å². The second kappa shape index (κ2) is 8.57. The van der Waals surface area contributed by atoms with Crippen molar-refractivity contribution in [2.75, 3.05) is 10.6 Å². The molecule has 2 aromatic heterocycles. The molecule has 0 saturated carbocycles. The number of rotatable bonds is 6. The molecular formula is C23H21N5O2. The molecule has 0 atom stereocenters. The maximum atomic E-state index is 12.8. The molecule has 0 radical (unpaired) electrons. The second-order valence-electron chi connectivity index (χ2n) is 6.91. The van der Waals surface area contributed by atoms with Crippen molar-refractivity contribution >= 4 is 34.0 Å². The highest BCUT2D eigenvalue weighted by Crippen LogP contribution is 2.28. The van der Waals surface area contributed by atoms with Crippen LogP contribution in [0.5, 0.6) is 5.75 Å². The number of para-hydroxylation sites is 3. The average Bonchev–Trinajstić information content (AvgIpc) is 2.75. The summed E-state index contributed by atoms with van der Waals surface area (Å²) >= 11 is 0. The summed E-state index contributed by atoms with van der Waals surface area (Å²) in [6.07, 6.45) is 3.08. The van der Waals surface area contributed by atoms with E-state index in [1.54, 1.807) is 12.3 Å². The van der Waals surface area contributed by atoms with Crippen molar-refractivity contribution in [1.82, 2.24) is 15.0 Å². The fourth-order valence-corrected chi connectivity index (χ4v) is 3.01. The second-order valence-corrected chi connectivity index (χ2v) is 6.91. The van der Waals surface area contributed by atoms with Gasteiger partial charge in [-0.3, -0.25) is 9.78 Å². The zero-order valence-electron chi connectivity index (χ0n) is 16.7. The lowest BCUT2D eigenvalue weighted by molar-refractivity contribution is 0.102. The van der Waals surface area contributed by atoms with E-state index in [0.29, 0.717) is 17.3 Å². The number of nitrogens with zero attached hydrogens (tertiary/aromatic N) is 3. The van der Waals surface area contributed by atoms with E-state index in [1.807, 2.05) is 68.4 Å². The average molecular weight is 399 g/mol. The van der Waals surface area contributed by atoms with Crippen molar-refractivity contribution in [3.63, 3.8) is 0 Å². The van der Waals surface area contributed by atoms with Gasteiger partial charge in [0.25, 0.3) is 5.91 Å². The first-order chi connectivity index (χ1) is 14.6. The first-order valence-electron chi connectivity index (χ1n) is 9.60. The minimum Gasteiger partial charge on any atom is -0.489 e. The number of carbonyl (C=O) groups excluding carboxylic acids is 1. The summed E-state index contributed by atoms with van der Waals surface area (Å²) in [5.74, 6) is 0.857. The molecule has 4 rings (SSSR count). The number of fused-ring (bicyclic) bond motifs is 1. The number of nitrogens with one attached hydrogen (secondary N) is 2. The van der Waals surface area contributed by atoms with Crippen LogP contribution in [0.15, 0.2) is 73.2 Å². The summed E-state index contributed by atoms with van der Waals surface area (Å²) in [6, 6.07) is 18.6. The van der Waals surface area contributed by atoms with Crippen LogP contribution >= 0.6 is 0 Å². The normalized spacial score (nSPS) is 10.8. The molecule has 1 amide bonds. The molecule has 0 spiro atoms. The van der Waals surface area contributed by atoms with E-state index in [4.69, 9.17) is 4.74 Å². The lowest BCUT2D eigenvalue weighted by Crippen LogP contribution is -2.15. The number of benzene rings is 2. The fourth-order valence-electron chi connectivity index (χ4n) is 3.01. The Balaban J connectivity index is 1.56. The molecule has 0 fully saturated rings. The molecule has 0 unspecified atom stereocenters. The maximum Gasteiger partial charge on any atom is 0.274 e. The molecule has 2 heterocycles. The zero-order valence-corrected chi connectivity index (χ0v) is 16.7. The Bertz CT molecular complexity index is 1190. The molecule has 30 heavy (non-hydrogen) atoms. The van der Waals surface area contributed by atoms with Crippen LogP contribution in [-0.2, 0) is 0 Å². The minimum absolute atomic E-state index is 0.0361. The van der Waals surface area contributed by atoms with Crippen LogP contribution in [0.25, 0.3) is 10.9 Å². The highest BCUT2D eigenvalue weighted by molar-refractivity contribution is 6.07. The topological polar surface area (TPSA) is 89.0 Å². The van der Waals surface area contributed by atoms with Crippen LogP contribution in [-0.4, -0.2) is 27.0 Å². The van der Waals surface area contributed by atoms with Gasteiger partial charge in [0.1, 0.15) is 23.6 Å². The quantitative estimate of drug-likeness (QED) is 0.484. The van der Waals surface area contributed by atoms with Crippen LogP contribution < -0.4 is 15.4 Å². The molecular weight excluding hydrogens is 378 g/mol. The summed E-state index contributed by atoms with van der Waals surface area (Å²) in [6.45, 7) is 3.93.